The molecule has 15 heavy (non-hydrogen) atoms. The van der Waals surface area contributed by atoms with Crippen molar-refractivity contribution in [3.63, 3.8) is 0 Å². The van der Waals surface area contributed by atoms with E-state index in [2.05, 4.69) is 49.2 Å². The maximum absolute atomic E-state index is 5.57. The molecular formula is C13H18ClN. The number of hydrogen-bond donors (Lipinski definition) is 0. The molecule has 0 unspecified atom stereocenters. The molecule has 0 saturated heterocycles. The quantitative estimate of drug-likeness (QED) is 0.547. The summed E-state index contributed by atoms with van der Waals surface area (Å²) in [4.78, 5) is 2.27. The Bertz CT molecular complexity index is 320. The normalized spacial score (nSPS) is 11.5. The van der Waals surface area contributed by atoms with E-state index in [1.807, 2.05) is 6.08 Å². The summed E-state index contributed by atoms with van der Waals surface area (Å²) in [5.74, 6) is 0.595. The van der Waals surface area contributed by atoms with Crippen LogP contribution in [-0.2, 0) is 6.54 Å². The first-order chi connectivity index (χ1) is 7.24. The fourth-order valence-electron chi connectivity index (χ4n) is 1.46. The van der Waals surface area contributed by atoms with Crippen LogP contribution in [0.25, 0.3) is 0 Å². The van der Waals surface area contributed by atoms with Crippen molar-refractivity contribution < 1.29 is 0 Å². The van der Waals surface area contributed by atoms with Gasteiger partial charge in [-0.2, -0.15) is 0 Å². The molecule has 1 rings (SSSR count). The van der Waals surface area contributed by atoms with Crippen LogP contribution in [0.1, 0.15) is 11.1 Å². The molecule has 0 aliphatic heterocycles. The summed E-state index contributed by atoms with van der Waals surface area (Å²) >= 11 is 5.57. The van der Waals surface area contributed by atoms with E-state index in [0.717, 1.165) is 13.1 Å². The lowest BCUT2D eigenvalue weighted by molar-refractivity contribution is 0.362. The number of aryl methyl sites for hydroxylation is 1. The standard InChI is InChI=1S/C13H18ClN/c1-12-7-3-4-8-13(12)11-15(2)10-6-5-9-14/h3-8H,9-11H2,1-2H3. The average molecular weight is 224 g/mol. The Kier molecular flexibility index (Phi) is 5.44. The van der Waals surface area contributed by atoms with Gasteiger partial charge in [-0.3, -0.25) is 4.90 Å². The molecule has 0 atom stereocenters. The van der Waals surface area contributed by atoms with Crippen molar-refractivity contribution in [2.24, 2.45) is 0 Å². The third-order valence-corrected chi connectivity index (χ3v) is 2.55. The third kappa shape index (κ3) is 4.50. The highest BCUT2D eigenvalue weighted by Crippen LogP contribution is 2.09. The molecular weight excluding hydrogens is 206 g/mol. The lowest BCUT2D eigenvalue weighted by Crippen LogP contribution is -2.18. The van der Waals surface area contributed by atoms with Gasteiger partial charge in [-0.1, -0.05) is 36.4 Å². The molecule has 0 aliphatic carbocycles. The van der Waals surface area contributed by atoms with E-state index in [9.17, 15) is 0 Å². The van der Waals surface area contributed by atoms with Crippen LogP contribution in [0.3, 0.4) is 0 Å². The second-order valence-corrected chi connectivity index (χ2v) is 4.06. The van der Waals surface area contributed by atoms with Crippen molar-refractivity contribution in [2.75, 3.05) is 19.5 Å². The predicted octanol–water partition coefficient (Wildman–Crippen LogP) is 3.22. The van der Waals surface area contributed by atoms with E-state index in [0.29, 0.717) is 5.88 Å². The van der Waals surface area contributed by atoms with E-state index >= 15 is 0 Å². The van der Waals surface area contributed by atoms with Crippen LogP contribution in [0.2, 0.25) is 0 Å². The molecule has 0 radical (unpaired) electrons. The molecule has 2 heteroatoms. The van der Waals surface area contributed by atoms with Crippen LogP contribution < -0.4 is 0 Å². The Labute approximate surface area is 97.4 Å². The molecule has 0 aliphatic rings. The van der Waals surface area contributed by atoms with E-state index in [4.69, 9.17) is 11.6 Å². The number of halogens is 1. The van der Waals surface area contributed by atoms with E-state index in [1.165, 1.54) is 11.1 Å². The highest BCUT2D eigenvalue weighted by atomic mass is 35.5. The molecule has 1 aromatic carbocycles. The van der Waals surface area contributed by atoms with E-state index in [1.54, 1.807) is 0 Å². The molecule has 0 bridgehead atoms. The van der Waals surface area contributed by atoms with Gasteiger partial charge in [-0.25, -0.2) is 0 Å². The Hall–Kier alpha value is -0.790. The molecule has 1 nitrogen and oxygen atoms in total. The zero-order valence-corrected chi connectivity index (χ0v) is 10.2. The van der Waals surface area contributed by atoms with Gasteiger partial charge in [-0.15, -0.1) is 11.6 Å². The second kappa shape index (κ2) is 6.65. The first-order valence-corrected chi connectivity index (χ1v) is 5.71. The van der Waals surface area contributed by atoms with Crippen LogP contribution in [0, 0.1) is 6.92 Å². The van der Waals surface area contributed by atoms with Gasteiger partial charge in [-0.05, 0) is 25.1 Å². The van der Waals surface area contributed by atoms with Crippen molar-refractivity contribution in [1.82, 2.24) is 4.90 Å². The molecule has 1 aromatic rings. The smallest absolute Gasteiger partial charge is 0.0404 e. The lowest BCUT2D eigenvalue weighted by Gasteiger charge is -2.15. The predicted molar refractivity (Wildman–Crippen MR) is 67.4 cm³/mol. The number of nitrogens with zero attached hydrogens (tertiary/aromatic N) is 1. The molecule has 0 saturated carbocycles. The monoisotopic (exact) mass is 223 g/mol. The van der Waals surface area contributed by atoms with Gasteiger partial charge >= 0.3 is 0 Å². The molecule has 82 valence electrons. The van der Waals surface area contributed by atoms with Crippen LogP contribution in [0.15, 0.2) is 36.4 Å². The summed E-state index contributed by atoms with van der Waals surface area (Å²) in [6.45, 7) is 4.08. The van der Waals surface area contributed by atoms with Crippen molar-refractivity contribution >= 4 is 11.6 Å². The first-order valence-electron chi connectivity index (χ1n) is 5.18. The first kappa shape index (κ1) is 12.3. The maximum Gasteiger partial charge on any atom is 0.0404 e. The van der Waals surface area contributed by atoms with Gasteiger partial charge in [0, 0.05) is 19.0 Å². The van der Waals surface area contributed by atoms with E-state index < -0.39 is 0 Å². The topological polar surface area (TPSA) is 3.24 Å². The highest BCUT2D eigenvalue weighted by molar-refractivity contribution is 6.18. The van der Waals surface area contributed by atoms with Crippen molar-refractivity contribution in [2.45, 2.75) is 13.5 Å². The minimum absolute atomic E-state index is 0.595. The van der Waals surface area contributed by atoms with Gasteiger partial charge in [0.05, 0.1) is 0 Å². The average Bonchev–Trinajstić information content (AvgIpc) is 2.22. The SMILES string of the molecule is Cc1ccccc1CN(C)CC=CCCl. The molecule has 0 heterocycles. The highest BCUT2D eigenvalue weighted by Gasteiger charge is 2.00. The summed E-state index contributed by atoms with van der Waals surface area (Å²) in [7, 11) is 2.12. The van der Waals surface area contributed by atoms with Gasteiger partial charge in [0.2, 0.25) is 0 Å². The number of likely N-dealkylation sites (N-methyl/N-ethyl adjacent to an activating group) is 1. The summed E-state index contributed by atoms with van der Waals surface area (Å²) in [6.07, 6.45) is 4.08. The van der Waals surface area contributed by atoms with Crippen molar-refractivity contribution in [3.05, 3.63) is 47.5 Å². The van der Waals surface area contributed by atoms with Crippen LogP contribution in [0.5, 0.6) is 0 Å². The summed E-state index contributed by atoms with van der Waals surface area (Å²) < 4.78 is 0. The zero-order chi connectivity index (χ0) is 11.1. The second-order valence-electron chi connectivity index (χ2n) is 3.75. The van der Waals surface area contributed by atoms with E-state index in [-0.39, 0.29) is 0 Å². The van der Waals surface area contributed by atoms with Crippen LogP contribution >= 0.6 is 11.6 Å². The minimum atomic E-state index is 0.595. The minimum Gasteiger partial charge on any atom is -0.298 e. The number of hydrogen-bond acceptors (Lipinski definition) is 1. The fourth-order valence-corrected chi connectivity index (χ4v) is 1.59. The Balaban J connectivity index is 2.47. The molecule has 0 N–H and O–H groups in total. The largest absolute Gasteiger partial charge is 0.298 e. The maximum atomic E-state index is 5.57. The molecule has 0 amide bonds. The van der Waals surface area contributed by atoms with Gasteiger partial charge < -0.3 is 0 Å². The van der Waals surface area contributed by atoms with Crippen LogP contribution in [-0.4, -0.2) is 24.4 Å². The van der Waals surface area contributed by atoms with Crippen molar-refractivity contribution in [1.29, 1.82) is 0 Å². The zero-order valence-electron chi connectivity index (χ0n) is 9.41. The molecule has 0 aromatic heterocycles. The van der Waals surface area contributed by atoms with Gasteiger partial charge in [0.25, 0.3) is 0 Å². The third-order valence-electron chi connectivity index (χ3n) is 2.37. The molecule has 0 fully saturated rings. The van der Waals surface area contributed by atoms with Gasteiger partial charge in [0.1, 0.15) is 0 Å². The number of benzene rings is 1. The Morgan fingerprint density at radius 1 is 1.27 bits per heavy atom. The Morgan fingerprint density at radius 3 is 2.67 bits per heavy atom. The molecule has 0 spiro atoms. The summed E-state index contributed by atoms with van der Waals surface area (Å²) in [6, 6.07) is 8.49. The summed E-state index contributed by atoms with van der Waals surface area (Å²) in [5.41, 5.74) is 2.74. The van der Waals surface area contributed by atoms with Crippen LogP contribution in [0.4, 0.5) is 0 Å². The number of allylic oxidation sites excluding steroid dienone is 1. The summed E-state index contributed by atoms with van der Waals surface area (Å²) in [5, 5.41) is 0. The van der Waals surface area contributed by atoms with Gasteiger partial charge in [0.15, 0.2) is 0 Å². The fraction of sp³-hybridized carbons (Fsp3) is 0.385. The lowest BCUT2D eigenvalue weighted by atomic mass is 10.1. The number of rotatable bonds is 5. The van der Waals surface area contributed by atoms with Crippen molar-refractivity contribution in [3.8, 4) is 0 Å². The Morgan fingerprint density at radius 2 is 2.00 bits per heavy atom. The number of alkyl halides is 1.